The summed E-state index contributed by atoms with van der Waals surface area (Å²) >= 11 is 0. The van der Waals surface area contributed by atoms with Crippen LogP contribution in [0.15, 0.2) is 0 Å². The van der Waals surface area contributed by atoms with Crippen molar-refractivity contribution in [1.82, 2.24) is 10.6 Å². The predicted octanol–water partition coefficient (Wildman–Crippen LogP) is -1.53. The zero-order chi connectivity index (χ0) is 14.4. The summed E-state index contributed by atoms with van der Waals surface area (Å²) in [5.41, 5.74) is 0. The highest BCUT2D eigenvalue weighted by atomic mass is 19.3. The molecule has 0 saturated heterocycles. The minimum absolute atomic E-state index is 0.650. The van der Waals surface area contributed by atoms with Crippen molar-refractivity contribution >= 4 is 11.8 Å². The van der Waals surface area contributed by atoms with Crippen molar-refractivity contribution in [1.29, 1.82) is 0 Å². The largest absolute Gasteiger partial charge is 0.395 e. The molecule has 0 spiro atoms. The van der Waals surface area contributed by atoms with Gasteiger partial charge in [-0.25, -0.2) is 0 Å². The van der Waals surface area contributed by atoms with E-state index >= 15 is 0 Å². The van der Waals surface area contributed by atoms with Gasteiger partial charge < -0.3 is 20.8 Å². The monoisotopic (exact) mass is 276 g/mol. The fraction of sp³-hybridized carbons (Fsp3) is 0.750. The Morgan fingerprint density at radius 1 is 0.833 bits per heavy atom. The Bertz CT molecular complexity index is 281. The van der Waals surface area contributed by atoms with E-state index in [2.05, 4.69) is 0 Å². The Hall–Kier alpha value is -1.42. The number of aliphatic hydroxyl groups is 2. The van der Waals surface area contributed by atoms with E-state index in [1.54, 1.807) is 0 Å². The molecule has 18 heavy (non-hydrogen) atoms. The number of carbonyl (C=O) groups excluding carboxylic acids is 2. The van der Waals surface area contributed by atoms with Gasteiger partial charge in [0.05, 0.1) is 13.2 Å². The van der Waals surface area contributed by atoms with Crippen LogP contribution >= 0.6 is 0 Å². The molecule has 0 aromatic rings. The van der Waals surface area contributed by atoms with Crippen LogP contribution < -0.4 is 10.6 Å². The van der Waals surface area contributed by atoms with Crippen LogP contribution in [-0.4, -0.2) is 60.2 Å². The Morgan fingerprint density at radius 2 is 1.11 bits per heavy atom. The van der Waals surface area contributed by atoms with Crippen LogP contribution in [0.2, 0.25) is 0 Å². The van der Waals surface area contributed by atoms with E-state index in [0.29, 0.717) is 0 Å². The standard InChI is InChI=1S/C8H12F4N2O4/c9-7(10,5(17)13-1-3-15)8(11,12)6(18)14-2-4-16/h15-16H,1-4H2,(H,13,17)(H,14,18). The van der Waals surface area contributed by atoms with E-state index in [1.807, 2.05) is 0 Å². The molecule has 0 bridgehead atoms. The molecule has 106 valence electrons. The van der Waals surface area contributed by atoms with Crippen LogP contribution in [0, 0.1) is 0 Å². The third kappa shape index (κ3) is 3.53. The minimum atomic E-state index is -5.26. The van der Waals surface area contributed by atoms with Gasteiger partial charge in [-0.1, -0.05) is 0 Å². The number of rotatable bonds is 7. The zero-order valence-electron chi connectivity index (χ0n) is 9.05. The van der Waals surface area contributed by atoms with Gasteiger partial charge in [-0.15, -0.1) is 0 Å². The van der Waals surface area contributed by atoms with Crippen molar-refractivity contribution in [3.05, 3.63) is 0 Å². The molecular formula is C8H12F4N2O4. The van der Waals surface area contributed by atoms with Gasteiger partial charge in [0.1, 0.15) is 0 Å². The normalized spacial score (nSPS) is 12.1. The first-order chi connectivity index (χ1) is 8.21. The number of halogens is 4. The minimum Gasteiger partial charge on any atom is -0.395 e. The fourth-order valence-corrected chi connectivity index (χ4v) is 0.846. The fourth-order valence-electron chi connectivity index (χ4n) is 0.846. The molecule has 0 rings (SSSR count). The lowest BCUT2D eigenvalue weighted by Gasteiger charge is -2.24. The second kappa shape index (κ2) is 6.50. The number of hydrogen-bond acceptors (Lipinski definition) is 4. The number of nitrogens with one attached hydrogen (secondary N) is 2. The first kappa shape index (κ1) is 16.6. The van der Waals surface area contributed by atoms with Crippen LogP contribution in [0.1, 0.15) is 0 Å². The van der Waals surface area contributed by atoms with Crippen LogP contribution in [0.25, 0.3) is 0 Å². The summed E-state index contributed by atoms with van der Waals surface area (Å²) in [5.74, 6) is -15.3. The molecule has 0 aliphatic heterocycles. The molecule has 0 radical (unpaired) electrons. The first-order valence-electron chi connectivity index (χ1n) is 4.75. The van der Waals surface area contributed by atoms with Crippen LogP contribution in [0.4, 0.5) is 17.6 Å². The van der Waals surface area contributed by atoms with Crippen molar-refractivity contribution < 1.29 is 37.4 Å². The molecular weight excluding hydrogens is 264 g/mol. The molecule has 0 unspecified atom stereocenters. The van der Waals surface area contributed by atoms with Gasteiger partial charge >= 0.3 is 11.8 Å². The second-order valence-corrected chi connectivity index (χ2v) is 3.11. The van der Waals surface area contributed by atoms with Gasteiger partial charge in [0, 0.05) is 13.1 Å². The highest BCUT2D eigenvalue weighted by Gasteiger charge is 2.66. The molecule has 6 nitrogen and oxygen atoms in total. The number of alkyl halides is 4. The van der Waals surface area contributed by atoms with Crippen molar-refractivity contribution in [2.45, 2.75) is 11.8 Å². The molecule has 0 aromatic carbocycles. The number of aliphatic hydroxyl groups excluding tert-OH is 2. The Balaban J connectivity index is 4.82. The summed E-state index contributed by atoms with van der Waals surface area (Å²) in [6.45, 7) is -2.74. The van der Waals surface area contributed by atoms with Gasteiger partial charge in [-0.2, -0.15) is 17.6 Å². The van der Waals surface area contributed by atoms with E-state index in [9.17, 15) is 27.2 Å². The Kier molecular flexibility index (Phi) is 5.98. The number of carbonyl (C=O) groups is 2. The lowest BCUT2D eigenvalue weighted by Crippen LogP contribution is -2.59. The zero-order valence-corrected chi connectivity index (χ0v) is 9.05. The average molecular weight is 276 g/mol. The van der Waals surface area contributed by atoms with Crippen LogP contribution in [0.3, 0.4) is 0 Å². The quantitative estimate of drug-likeness (QED) is 0.424. The molecule has 10 heteroatoms. The van der Waals surface area contributed by atoms with Crippen molar-refractivity contribution in [2.75, 3.05) is 26.3 Å². The molecule has 0 fully saturated rings. The summed E-state index contributed by atoms with van der Waals surface area (Å²) < 4.78 is 52.1. The summed E-state index contributed by atoms with van der Waals surface area (Å²) in [5, 5.41) is 19.2. The molecule has 4 N–H and O–H groups in total. The maximum Gasteiger partial charge on any atom is 0.395 e. The van der Waals surface area contributed by atoms with E-state index in [4.69, 9.17) is 10.2 Å². The maximum absolute atomic E-state index is 13.0. The molecule has 0 atom stereocenters. The molecule has 0 aliphatic rings. The SMILES string of the molecule is O=C(NCCO)C(F)(F)C(F)(F)C(=O)NCCO. The highest BCUT2D eigenvalue weighted by Crippen LogP contribution is 2.34. The van der Waals surface area contributed by atoms with Crippen molar-refractivity contribution in [3.8, 4) is 0 Å². The summed E-state index contributed by atoms with van der Waals surface area (Å²) in [6.07, 6.45) is 0. The van der Waals surface area contributed by atoms with Gasteiger partial charge in [0.2, 0.25) is 0 Å². The number of hydrogen-bond donors (Lipinski definition) is 4. The Morgan fingerprint density at radius 3 is 1.33 bits per heavy atom. The van der Waals surface area contributed by atoms with Crippen LogP contribution in [0.5, 0.6) is 0 Å². The topological polar surface area (TPSA) is 98.7 Å². The molecule has 0 saturated carbocycles. The summed E-state index contributed by atoms with van der Waals surface area (Å²) in [4.78, 5) is 21.5. The van der Waals surface area contributed by atoms with Gasteiger partial charge in [0.15, 0.2) is 0 Å². The van der Waals surface area contributed by atoms with Crippen LogP contribution in [-0.2, 0) is 9.59 Å². The lowest BCUT2D eigenvalue weighted by atomic mass is 10.1. The molecule has 0 aromatic heterocycles. The van der Waals surface area contributed by atoms with Gasteiger partial charge in [-0.05, 0) is 0 Å². The van der Waals surface area contributed by atoms with Crippen molar-refractivity contribution in [2.24, 2.45) is 0 Å². The van der Waals surface area contributed by atoms with Crippen molar-refractivity contribution in [3.63, 3.8) is 0 Å². The smallest absolute Gasteiger partial charge is 0.395 e. The van der Waals surface area contributed by atoms with Gasteiger partial charge in [-0.3, -0.25) is 9.59 Å². The molecule has 2 amide bonds. The van der Waals surface area contributed by atoms with E-state index in [-0.39, 0.29) is 0 Å². The van der Waals surface area contributed by atoms with E-state index in [1.165, 1.54) is 10.6 Å². The van der Waals surface area contributed by atoms with E-state index in [0.717, 1.165) is 0 Å². The molecule has 0 aliphatic carbocycles. The third-order valence-corrected chi connectivity index (χ3v) is 1.76. The first-order valence-corrected chi connectivity index (χ1v) is 4.75. The third-order valence-electron chi connectivity index (χ3n) is 1.76. The molecule has 0 heterocycles. The van der Waals surface area contributed by atoms with Gasteiger partial charge in [0.25, 0.3) is 11.8 Å². The summed E-state index contributed by atoms with van der Waals surface area (Å²) in [6, 6.07) is 0. The summed E-state index contributed by atoms with van der Waals surface area (Å²) in [7, 11) is 0. The number of amides is 2. The lowest BCUT2D eigenvalue weighted by molar-refractivity contribution is -0.211. The highest BCUT2D eigenvalue weighted by molar-refractivity contribution is 5.95. The maximum atomic E-state index is 13.0. The second-order valence-electron chi connectivity index (χ2n) is 3.11. The average Bonchev–Trinajstić information content (AvgIpc) is 2.32. The van der Waals surface area contributed by atoms with E-state index < -0.39 is 50.0 Å². The predicted molar refractivity (Wildman–Crippen MR) is 50.1 cm³/mol. The Labute approximate surface area is 99.0 Å².